The standard InChI is InChI=1S/C18H13Cl3N4O3S/c1-22-18(26)12-4-10(7-23-8-12)11-5-15(17(21)24-9-11)25-29(27,28)16-3-2-13(19)6-14(16)20/h2-9,25H,1H3,(H,22,26). The Labute approximate surface area is 182 Å². The molecule has 1 aromatic carbocycles. The number of hydrogen-bond donors (Lipinski definition) is 2. The van der Waals surface area contributed by atoms with Gasteiger partial charge in [-0.1, -0.05) is 34.8 Å². The van der Waals surface area contributed by atoms with Gasteiger partial charge in [0.15, 0.2) is 5.15 Å². The van der Waals surface area contributed by atoms with Crippen molar-refractivity contribution in [2.45, 2.75) is 4.90 Å². The van der Waals surface area contributed by atoms with Crippen LogP contribution < -0.4 is 10.0 Å². The molecule has 2 N–H and O–H groups in total. The molecule has 0 radical (unpaired) electrons. The highest BCUT2D eigenvalue weighted by Crippen LogP contribution is 2.31. The van der Waals surface area contributed by atoms with Crippen molar-refractivity contribution < 1.29 is 13.2 Å². The fraction of sp³-hybridized carbons (Fsp3) is 0.0556. The average Bonchev–Trinajstić information content (AvgIpc) is 2.68. The number of benzene rings is 1. The van der Waals surface area contributed by atoms with Gasteiger partial charge in [0, 0.05) is 41.8 Å². The Bertz CT molecular complexity index is 1200. The molecule has 0 saturated heterocycles. The monoisotopic (exact) mass is 470 g/mol. The van der Waals surface area contributed by atoms with Crippen LogP contribution in [0, 0.1) is 0 Å². The number of sulfonamides is 1. The third-order valence-corrected chi connectivity index (χ3v) is 6.21. The number of nitrogens with zero attached hydrogens (tertiary/aromatic N) is 2. The summed E-state index contributed by atoms with van der Waals surface area (Å²) in [5.74, 6) is -0.306. The topological polar surface area (TPSA) is 101 Å². The van der Waals surface area contributed by atoms with Crippen LogP contribution in [-0.2, 0) is 10.0 Å². The van der Waals surface area contributed by atoms with Crippen LogP contribution in [-0.4, -0.2) is 31.3 Å². The minimum Gasteiger partial charge on any atom is -0.355 e. The molecule has 11 heteroatoms. The van der Waals surface area contributed by atoms with Crippen LogP contribution in [0.1, 0.15) is 10.4 Å². The quantitative estimate of drug-likeness (QED) is 0.541. The van der Waals surface area contributed by atoms with Crippen molar-refractivity contribution in [2.75, 3.05) is 11.8 Å². The van der Waals surface area contributed by atoms with Gasteiger partial charge in [-0.2, -0.15) is 0 Å². The van der Waals surface area contributed by atoms with E-state index in [0.717, 1.165) is 0 Å². The maximum atomic E-state index is 12.7. The van der Waals surface area contributed by atoms with Gasteiger partial charge in [-0.3, -0.25) is 14.5 Å². The predicted octanol–water partition coefficient (Wildman–Crippen LogP) is 4.26. The predicted molar refractivity (Wildman–Crippen MR) is 113 cm³/mol. The van der Waals surface area contributed by atoms with Crippen molar-refractivity contribution >= 4 is 56.4 Å². The number of carbonyl (C=O) groups is 1. The molecule has 3 rings (SSSR count). The van der Waals surface area contributed by atoms with Crippen LogP contribution in [0.3, 0.4) is 0 Å². The Balaban J connectivity index is 1.99. The number of hydrogen-bond acceptors (Lipinski definition) is 5. The molecular weight excluding hydrogens is 459 g/mol. The third-order valence-electron chi connectivity index (χ3n) is 3.83. The summed E-state index contributed by atoms with van der Waals surface area (Å²) >= 11 is 17.9. The van der Waals surface area contributed by atoms with Gasteiger partial charge in [-0.25, -0.2) is 13.4 Å². The molecular formula is C18H13Cl3N4O3S. The highest BCUT2D eigenvalue weighted by molar-refractivity contribution is 7.92. The second kappa shape index (κ2) is 8.54. The summed E-state index contributed by atoms with van der Waals surface area (Å²) in [6.07, 6.45) is 4.38. The van der Waals surface area contributed by atoms with Gasteiger partial charge in [-0.15, -0.1) is 0 Å². The van der Waals surface area contributed by atoms with Crippen molar-refractivity contribution in [1.82, 2.24) is 15.3 Å². The number of nitrogens with one attached hydrogen (secondary N) is 2. The lowest BCUT2D eigenvalue weighted by Gasteiger charge is -2.12. The molecule has 29 heavy (non-hydrogen) atoms. The zero-order chi connectivity index (χ0) is 21.2. The van der Waals surface area contributed by atoms with E-state index in [-0.39, 0.29) is 26.7 Å². The van der Waals surface area contributed by atoms with Crippen LogP contribution in [0.15, 0.2) is 53.8 Å². The molecule has 0 spiro atoms. The van der Waals surface area contributed by atoms with Crippen molar-refractivity contribution in [3.05, 3.63) is 69.7 Å². The van der Waals surface area contributed by atoms with Gasteiger partial charge in [0.25, 0.3) is 15.9 Å². The van der Waals surface area contributed by atoms with Gasteiger partial charge in [0.05, 0.1) is 16.3 Å². The number of anilines is 1. The Kier molecular flexibility index (Phi) is 6.28. The first-order valence-corrected chi connectivity index (χ1v) is 10.6. The molecule has 0 fully saturated rings. The molecule has 1 amide bonds. The summed E-state index contributed by atoms with van der Waals surface area (Å²) in [7, 11) is -2.54. The zero-order valence-corrected chi connectivity index (χ0v) is 17.9. The zero-order valence-electron chi connectivity index (χ0n) is 14.8. The van der Waals surface area contributed by atoms with Gasteiger partial charge in [0.1, 0.15) is 4.90 Å². The summed E-state index contributed by atoms with van der Waals surface area (Å²) in [6, 6.07) is 7.11. The Hall–Kier alpha value is -2.39. The van der Waals surface area contributed by atoms with E-state index >= 15 is 0 Å². The Morgan fingerprint density at radius 1 is 1.00 bits per heavy atom. The number of carbonyl (C=O) groups excluding carboxylic acids is 1. The lowest BCUT2D eigenvalue weighted by molar-refractivity contribution is 0.0962. The molecule has 3 aromatic rings. The number of rotatable bonds is 5. The minimum atomic E-state index is -4.05. The largest absolute Gasteiger partial charge is 0.355 e. The fourth-order valence-electron chi connectivity index (χ4n) is 2.44. The van der Waals surface area contributed by atoms with Crippen molar-refractivity contribution in [1.29, 1.82) is 0 Å². The van der Waals surface area contributed by atoms with Gasteiger partial charge >= 0.3 is 0 Å². The van der Waals surface area contributed by atoms with E-state index in [9.17, 15) is 13.2 Å². The maximum absolute atomic E-state index is 12.7. The second-order valence-corrected chi connectivity index (χ2v) is 8.64. The number of pyridine rings is 2. The Morgan fingerprint density at radius 3 is 2.41 bits per heavy atom. The van der Waals surface area contributed by atoms with Crippen molar-refractivity contribution in [3.63, 3.8) is 0 Å². The SMILES string of the molecule is CNC(=O)c1cncc(-c2cnc(Cl)c(NS(=O)(=O)c3ccc(Cl)cc3Cl)c2)c1. The van der Waals surface area contributed by atoms with Crippen LogP contribution in [0.4, 0.5) is 5.69 Å². The maximum Gasteiger partial charge on any atom is 0.263 e. The molecule has 0 aliphatic carbocycles. The summed E-state index contributed by atoms with van der Waals surface area (Å²) in [5.41, 5.74) is 1.45. The molecule has 0 aliphatic heterocycles. The number of aromatic nitrogens is 2. The van der Waals surface area contributed by atoms with E-state index in [0.29, 0.717) is 21.7 Å². The summed E-state index contributed by atoms with van der Waals surface area (Å²) < 4.78 is 27.8. The third kappa shape index (κ3) is 4.79. The van der Waals surface area contributed by atoms with E-state index in [1.807, 2.05) is 0 Å². The number of halogens is 3. The van der Waals surface area contributed by atoms with Crippen LogP contribution in [0.5, 0.6) is 0 Å². The molecule has 0 atom stereocenters. The minimum absolute atomic E-state index is 0.0345. The normalized spacial score (nSPS) is 11.2. The molecule has 2 heterocycles. The summed E-state index contributed by atoms with van der Waals surface area (Å²) in [4.78, 5) is 19.7. The molecule has 0 bridgehead atoms. The van der Waals surface area contributed by atoms with Crippen molar-refractivity contribution in [2.24, 2.45) is 0 Å². The molecule has 150 valence electrons. The first-order chi connectivity index (χ1) is 13.7. The van der Waals surface area contributed by atoms with E-state index in [4.69, 9.17) is 34.8 Å². The van der Waals surface area contributed by atoms with E-state index in [1.165, 1.54) is 49.9 Å². The first-order valence-electron chi connectivity index (χ1n) is 8.02. The van der Waals surface area contributed by atoms with E-state index in [1.54, 1.807) is 6.07 Å². The van der Waals surface area contributed by atoms with E-state index in [2.05, 4.69) is 20.0 Å². The smallest absolute Gasteiger partial charge is 0.263 e. The lowest BCUT2D eigenvalue weighted by Crippen LogP contribution is -2.17. The molecule has 7 nitrogen and oxygen atoms in total. The highest BCUT2D eigenvalue weighted by Gasteiger charge is 2.20. The summed E-state index contributed by atoms with van der Waals surface area (Å²) in [5, 5.41) is 2.72. The first kappa shape index (κ1) is 21.3. The van der Waals surface area contributed by atoms with Gasteiger partial charge in [0.2, 0.25) is 0 Å². The summed E-state index contributed by atoms with van der Waals surface area (Å²) in [6.45, 7) is 0. The van der Waals surface area contributed by atoms with Crippen LogP contribution in [0.2, 0.25) is 15.2 Å². The second-order valence-electron chi connectivity index (χ2n) is 5.78. The molecule has 0 unspecified atom stereocenters. The average molecular weight is 472 g/mol. The molecule has 0 aliphatic rings. The van der Waals surface area contributed by atoms with Crippen molar-refractivity contribution in [3.8, 4) is 11.1 Å². The van der Waals surface area contributed by atoms with E-state index < -0.39 is 10.0 Å². The van der Waals surface area contributed by atoms with Crippen LogP contribution in [0.25, 0.3) is 11.1 Å². The van der Waals surface area contributed by atoms with Gasteiger partial charge in [-0.05, 0) is 30.3 Å². The van der Waals surface area contributed by atoms with Crippen LogP contribution >= 0.6 is 34.8 Å². The Morgan fingerprint density at radius 2 is 1.72 bits per heavy atom. The highest BCUT2D eigenvalue weighted by atomic mass is 35.5. The molecule has 0 saturated carbocycles. The van der Waals surface area contributed by atoms with Gasteiger partial charge < -0.3 is 5.32 Å². The molecule has 2 aromatic heterocycles. The lowest BCUT2D eigenvalue weighted by atomic mass is 10.1. The number of amides is 1. The fourth-order valence-corrected chi connectivity index (χ4v) is 4.47.